The van der Waals surface area contributed by atoms with Crippen LogP contribution in [-0.2, 0) is 16.9 Å². The van der Waals surface area contributed by atoms with Crippen molar-refractivity contribution in [2.45, 2.75) is 26.0 Å². The van der Waals surface area contributed by atoms with E-state index in [1.54, 1.807) is 18.4 Å². The van der Waals surface area contributed by atoms with Crippen LogP contribution >= 0.6 is 11.3 Å². The number of hydrogen-bond acceptors (Lipinski definition) is 6. The quantitative estimate of drug-likeness (QED) is 0.202. The second-order valence-corrected chi connectivity index (χ2v) is 11.3. The minimum atomic E-state index is -1.36. The van der Waals surface area contributed by atoms with Crippen LogP contribution < -0.4 is 4.74 Å². The van der Waals surface area contributed by atoms with Crippen LogP contribution in [0.15, 0.2) is 90.4 Å². The lowest BCUT2D eigenvalue weighted by Gasteiger charge is -2.30. The molecule has 0 spiro atoms. The van der Waals surface area contributed by atoms with Crippen molar-refractivity contribution in [1.29, 1.82) is 0 Å². The molecular formula is C34H26N4O3S. The van der Waals surface area contributed by atoms with Gasteiger partial charge in [0.15, 0.2) is 4.96 Å². The number of carbonyl (C=O) groups is 1. The molecule has 1 unspecified atom stereocenters. The molecule has 7 aromatic rings. The van der Waals surface area contributed by atoms with E-state index < -0.39 is 11.6 Å². The number of benzene rings is 3. The van der Waals surface area contributed by atoms with Gasteiger partial charge in [0.2, 0.25) is 5.60 Å². The molecule has 206 valence electrons. The standard InChI is InChI=1S/C34H26N4O3S/c1-4-37-20(2)28(24-10-6-8-12-27(24)37)34(30-25(32(39)41-34)19-22-9-5-7-11-26(22)35-30)31-29(36-33-38(31)17-18-42-33)21-13-15-23(40-3)16-14-21/h5-19H,4H2,1-3H3. The normalized spacial score (nSPS) is 16.4. The van der Waals surface area contributed by atoms with Crippen LogP contribution in [0.2, 0.25) is 0 Å². The predicted molar refractivity (Wildman–Crippen MR) is 164 cm³/mol. The predicted octanol–water partition coefficient (Wildman–Crippen LogP) is 7.36. The molecule has 0 bridgehead atoms. The summed E-state index contributed by atoms with van der Waals surface area (Å²) in [5.41, 5.74) is 5.84. The maximum absolute atomic E-state index is 14.0. The molecule has 4 aromatic heterocycles. The number of methoxy groups -OCH3 is 1. The van der Waals surface area contributed by atoms with Gasteiger partial charge in [-0.2, -0.15) is 0 Å². The number of ether oxygens (including phenoxy) is 2. The van der Waals surface area contributed by atoms with E-state index in [1.165, 1.54) is 0 Å². The van der Waals surface area contributed by atoms with Crippen LogP contribution in [-0.4, -0.2) is 32.0 Å². The Kier molecular flexibility index (Phi) is 5.33. The van der Waals surface area contributed by atoms with E-state index in [-0.39, 0.29) is 0 Å². The molecule has 1 atom stereocenters. The Morgan fingerprint density at radius 1 is 1.00 bits per heavy atom. The smallest absolute Gasteiger partial charge is 0.341 e. The molecule has 0 saturated carbocycles. The molecule has 1 aliphatic heterocycles. The third kappa shape index (κ3) is 3.24. The highest BCUT2D eigenvalue weighted by molar-refractivity contribution is 7.15. The molecule has 3 aromatic carbocycles. The molecule has 8 heteroatoms. The molecule has 7 nitrogen and oxygen atoms in total. The Morgan fingerprint density at radius 3 is 2.60 bits per heavy atom. The largest absolute Gasteiger partial charge is 0.497 e. The summed E-state index contributed by atoms with van der Waals surface area (Å²) in [6.45, 7) is 5.00. The van der Waals surface area contributed by atoms with Crippen molar-refractivity contribution in [1.82, 2.24) is 18.9 Å². The Bertz CT molecular complexity index is 2190. The zero-order valence-electron chi connectivity index (χ0n) is 23.3. The highest BCUT2D eigenvalue weighted by Crippen LogP contribution is 2.53. The van der Waals surface area contributed by atoms with Gasteiger partial charge in [-0.3, -0.25) is 4.40 Å². The maximum atomic E-state index is 14.0. The number of aryl methyl sites for hydroxylation is 1. The number of hydrogen-bond donors (Lipinski definition) is 0. The van der Waals surface area contributed by atoms with Crippen molar-refractivity contribution < 1.29 is 14.3 Å². The van der Waals surface area contributed by atoms with Gasteiger partial charge in [-0.05, 0) is 56.3 Å². The Labute approximate surface area is 245 Å². The maximum Gasteiger partial charge on any atom is 0.341 e. The number of rotatable bonds is 5. The summed E-state index contributed by atoms with van der Waals surface area (Å²) in [6.07, 6.45) is 2.00. The summed E-state index contributed by atoms with van der Waals surface area (Å²) >= 11 is 1.54. The summed E-state index contributed by atoms with van der Waals surface area (Å²) in [6, 6.07) is 25.9. The third-order valence-electron chi connectivity index (χ3n) is 8.38. The number of aromatic nitrogens is 4. The molecule has 42 heavy (non-hydrogen) atoms. The minimum absolute atomic E-state index is 0.401. The third-order valence-corrected chi connectivity index (χ3v) is 9.14. The lowest BCUT2D eigenvalue weighted by atomic mass is 9.82. The summed E-state index contributed by atoms with van der Waals surface area (Å²) < 4.78 is 16.5. The number of esters is 1. The lowest BCUT2D eigenvalue weighted by Crippen LogP contribution is -2.33. The SMILES string of the molecule is CCn1c(C)c(C2(c3c(-c4ccc(OC)cc4)nc4sccn34)OC(=O)c3cc4ccccc4nc32)c2ccccc21. The zero-order chi connectivity index (χ0) is 28.6. The second-order valence-electron chi connectivity index (χ2n) is 10.5. The summed E-state index contributed by atoms with van der Waals surface area (Å²) in [5.74, 6) is 0.352. The average molecular weight is 571 g/mol. The first kappa shape index (κ1) is 24.8. The van der Waals surface area contributed by atoms with Gasteiger partial charge in [-0.15, -0.1) is 11.3 Å². The van der Waals surface area contributed by atoms with E-state index in [4.69, 9.17) is 19.4 Å². The first-order chi connectivity index (χ1) is 20.5. The van der Waals surface area contributed by atoms with E-state index in [2.05, 4.69) is 34.9 Å². The lowest BCUT2D eigenvalue weighted by molar-refractivity contribution is 0.0232. The number of fused-ring (bicyclic) bond motifs is 4. The van der Waals surface area contributed by atoms with Gasteiger partial charge in [-0.25, -0.2) is 14.8 Å². The van der Waals surface area contributed by atoms with Crippen molar-refractivity contribution in [3.8, 4) is 17.0 Å². The molecular weight excluding hydrogens is 544 g/mol. The zero-order valence-corrected chi connectivity index (χ0v) is 24.1. The molecule has 1 aliphatic rings. The van der Waals surface area contributed by atoms with Gasteiger partial charge in [0.05, 0.1) is 23.9 Å². The van der Waals surface area contributed by atoms with Gasteiger partial charge in [0.25, 0.3) is 0 Å². The van der Waals surface area contributed by atoms with Crippen molar-refractivity contribution >= 4 is 44.1 Å². The van der Waals surface area contributed by atoms with Crippen LogP contribution in [0.25, 0.3) is 38.0 Å². The van der Waals surface area contributed by atoms with Crippen LogP contribution in [0, 0.1) is 6.92 Å². The number of carbonyl (C=O) groups excluding carboxylic acids is 1. The van der Waals surface area contributed by atoms with Crippen LogP contribution in [0.1, 0.15) is 39.9 Å². The van der Waals surface area contributed by atoms with Gasteiger partial charge in [0.1, 0.15) is 17.1 Å². The van der Waals surface area contributed by atoms with Gasteiger partial charge < -0.3 is 14.0 Å². The van der Waals surface area contributed by atoms with Crippen LogP contribution in [0.3, 0.4) is 0 Å². The molecule has 0 N–H and O–H groups in total. The van der Waals surface area contributed by atoms with Crippen molar-refractivity contribution in [2.24, 2.45) is 0 Å². The molecule has 5 heterocycles. The highest BCUT2D eigenvalue weighted by atomic mass is 32.1. The molecule has 0 amide bonds. The number of imidazole rings is 1. The van der Waals surface area contributed by atoms with E-state index >= 15 is 0 Å². The topological polar surface area (TPSA) is 70.7 Å². The fourth-order valence-corrected chi connectivity index (χ4v) is 7.30. The Balaban J connectivity index is 1.57. The fourth-order valence-electron chi connectivity index (χ4n) is 6.59. The molecule has 0 radical (unpaired) electrons. The highest BCUT2D eigenvalue weighted by Gasteiger charge is 2.56. The van der Waals surface area contributed by atoms with Crippen molar-refractivity contribution in [3.05, 3.63) is 119 Å². The number of cyclic esters (lactones) is 1. The molecule has 0 aliphatic carbocycles. The first-order valence-electron chi connectivity index (χ1n) is 13.9. The fraction of sp³-hybridized carbons (Fsp3) is 0.147. The van der Waals surface area contributed by atoms with E-state index in [9.17, 15) is 4.79 Å². The van der Waals surface area contributed by atoms with Crippen LogP contribution in [0.5, 0.6) is 5.75 Å². The second kappa shape index (κ2) is 9.03. The number of para-hydroxylation sites is 2. The van der Waals surface area contributed by atoms with Crippen molar-refractivity contribution in [3.63, 3.8) is 0 Å². The van der Waals surface area contributed by atoms with E-state index in [0.717, 1.165) is 67.3 Å². The summed E-state index contributed by atoms with van der Waals surface area (Å²) in [5, 5.41) is 3.91. The summed E-state index contributed by atoms with van der Waals surface area (Å²) in [4.78, 5) is 25.2. The first-order valence-corrected chi connectivity index (χ1v) is 14.8. The summed E-state index contributed by atoms with van der Waals surface area (Å²) in [7, 11) is 1.65. The number of thiazole rings is 1. The van der Waals surface area contributed by atoms with Crippen LogP contribution in [0.4, 0.5) is 0 Å². The van der Waals surface area contributed by atoms with E-state index in [0.29, 0.717) is 11.3 Å². The average Bonchev–Trinajstić information content (AvgIpc) is 3.76. The monoisotopic (exact) mass is 570 g/mol. The number of nitrogens with zero attached hydrogens (tertiary/aromatic N) is 4. The molecule has 0 fully saturated rings. The van der Waals surface area contributed by atoms with Gasteiger partial charge in [-0.1, -0.05) is 36.4 Å². The minimum Gasteiger partial charge on any atom is -0.497 e. The Morgan fingerprint density at radius 2 is 1.79 bits per heavy atom. The van der Waals surface area contributed by atoms with Gasteiger partial charge >= 0.3 is 5.97 Å². The van der Waals surface area contributed by atoms with Crippen molar-refractivity contribution in [2.75, 3.05) is 7.11 Å². The Hall–Kier alpha value is -4.95. The molecule has 0 saturated heterocycles. The molecule has 8 rings (SSSR count). The van der Waals surface area contributed by atoms with E-state index in [1.807, 2.05) is 78.3 Å². The van der Waals surface area contributed by atoms with Gasteiger partial charge in [0, 0.05) is 51.2 Å². The number of pyridine rings is 1.